The average molecular weight is 249 g/mol. The van der Waals surface area contributed by atoms with Crippen molar-refractivity contribution in [3.8, 4) is 5.75 Å². The molecule has 1 N–H and O–H groups in total. The largest absolute Gasteiger partial charge is 0.497 e. The maximum Gasteiger partial charge on any atom is 0.249 e. The predicted molar refractivity (Wildman–Crippen MR) is 68.5 cm³/mol. The van der Waals surface area contributed by atoms with Gasteiger partial charge in [0.15, 0.2) is 0 Å². The maximum atomic E-state index is 11.9. The molecule has 0 unspecified atom stereocenters. The number of hydrogen-bond acceptors (Lipinski definition) is 3. The van der Waals surface area contributed by atoms with E-state index in [2.05, 4.69) is 5.32 Å². The van der Waals surface area contributed by atoms with Gasteiger partial charge in [-0.3, -0.25) is 4.79 Å². The van der Waals surface area contributed by atoms with Crippen molar-refractivity contribution in [2.45, 2.75) is 31.9 Å². The van der Waals surface area contributed by atoms with Gasteiger partial charge in [-0.15, -0.1) is 0 Å². The van der Waals surface area contributed by atoms with Crippen LogP contribution in [0.3, 0.4) is 0 Å². The SMILES string of the molecule is COc1ccc([C@H](C)NC(=O)[C@@H]2CCCO2)cc1. The molecule has 1 aliphatic rings. The molecule has 4 heteroatoms. The summed E-state index contributed by atoms with van der Waals surface area (Å²) < 4.78 is 10.5. The highest BCUT2D eigenvalue weighted by Crippen LogP contribution is 2.18. The van der Waals surface area contributed by atoms with Gasteiger partial charge in [-0.2, -0.15) is 0 Å². The van der Waals surface area contributed by atoms with Gasteiger partial charge in [0, 0.05) is 6.61 Å². The quantitative estimate of drug-likeness (QED) is 0.888. The summed E-state index contributed by atoms with van der Waals surface area (Å²) in [6.07, 6.45) is 1.52. The van der Waals surface area contributed by atoms with Crippen molar-refractivity contribution in [2.75, 3.05) is 13.7 Å². The summed E-state index contributed by atoms with van der Waals surface area (Å²) >= 11 is 0. The van der Waals surface area contributed by atoms with E-state index in [4.69, 9.17) is 9.47 Å². The van der Waals surface area contributed by atoms with E-state index in [1.807, 2.05) is 31.2 Å². The summed E-state index contributed by atoms with van der Waals surface area (Å²) in [6.45, 7) is 2.66. The summed E-state index contributed by atoms with van der Waals surface area (Å²) in [4.78, 5) is 11.9. The number of carbonyl (C=O) groups is 1. The number of hydrogen-bond donors (Lipinski definition) is 1. The molecule has 98 valence electrons. The van der Waals surface area contributed by atoms with Crippen molar-refractivity contribution in [3.05, 3.63) is 29.8 Å². The van der Waals surface area contributed by atoms with E-state index in [1.54, 1.807) is 7.11 Å². The van der Waals surface area contributed by atoms with Crippen LogP contribution in [0.4, 0.5) is 0 Å². The lowest BCUT2D eigenvalue weighted by Gasteiger charge is -2.17. The lowest BCUT2D eigenvalue weighted by molar-refractivity contribution is -0.130. The fourth-order valence-electron chi connectivity index (χ4n) is 2.07. The minimum absolute atomic E-state index is 0.0178. The highest BCUT2D eigenvalue weighted by atomic mass is 16.5. The molecule has 0 aromatic heterocycles. The van der Waals surface area contributed by atoms with Crippen LogP contribution in [0, 0.1) is 0 Å². The first-order valence-corrected chi connectivity index (χ1v) is 6.26. The Hall–Kier alpha value is -1.55. The van der Waals surface area contributed by atoms with Crippen molar-refractivity contribution in [1.29, 1.82) is 0 Å². The third-order valence-corrected chi connectivity index (χ3v) is 3.20. The number of nitrogens with one attached hydrogen (secondary N) is 1. The highest BCUT2D eigenvalue weighted by Gasteiger charge is 2.24. The normalized spacial score (nSPS) is 20.4. The molecule has 1 amide bonds. The zero-order valence-electron chi connectivity index (χ0n) is 10.8. The number of methoxy groups -OCH3 is 1. The molecule has 0 aliphatic carbocycles. The van der Waals surface area contributed by atoms with Gasteiger partial charge in [-0.05, 0) is 37.5 Å². The Kier molecular flexibility index (Phi) is 4.20. The van der Waals surface area contributed by atoms with Gasteiger partial charge in [-0.25, -0.2) is 0 Å². The monoisotopic (exact) mass is 249 g/mol. The Morgan fingerprint density at radius 1 is 1.44 bits per heavy atom. The Labute approximate surface area is 107 Å². The van der Waals surface area contributed by atoms with Crippen molar-refractivity contribution in [2.24, 2.45) is 0 Å². The van der Waals surface area contributed by atoms with E-state index in [0.717, 1.165) is 24.2 Å². The number of benzene rings is 1. The molecule has 1 aromatic carbocycles. The number of ether oxygens (including phenoxy) is 2. The highest BCUT2D eigenvalue weighted by molar-refractivity contribution is 5.81. The third kappa shape index (κ3) is 3.01. The molecule has 0 bridgehead atoms. The third-order valence-electron chi connectivity index (χ3n) is 3.20. The average Bonchev–Trinajstić information content (AvgIpc) is 2.92. The van der Waals surface area contributed by atoms with Gasteiger partial charge in [0.2, 0.25) is 5.91 Å². The summed E-state index contributed by atoms with van der Waals surface area (Å²) in [5.74, 6) is 0.798. The van der Waals surface area contributed by atoms with E-state index < -0.39 is 0 Å². The van der Waals surface area contributed by atoms with Crippen LogP contribution in [0.25, 0.3) is 0 Å². The van der Waals surface area contributed by atoms with Crippen LogP contribution in [0.1, 0.15) is 31.4 Å². The lowest BCUT2D eigenvalue weighted by atomic mass is 10.1. The molecule has 1 aliphatic heterocycles. The number of carbonyl (C=O) groups excluding carboxylic acids is 1. The summed E-state index contributed by atoms with van der Waals surface area (Å²) in [5, 5.41) is 2.97. The Bertz CT molecular complexity index is 396. The summed E-state index contributed by atoms with van der Waals surface area (Å²) in [5.41, 5.74) is 1.06. The zero-order valence-corrected chi connectivity index (χ0v) is 10.8. The van der Waals surface area contributed by atoms with Crippen molar-refractivity contribution in [3.63, 3.8) is 0 Å². The maximum absolute atomic E-state index is 11.9. The van der Waals surface area contributed by atoms with E-state index in [9.17, 15) is 4.79 Å². The second kappa shape index (κ2) is 5.87. The molecule has 1 saturated heterocycles. The topological polar surface area (TPSA) is 47.6 Å². The smallest absolute Gasteiger partial charge is 0.249 e. The first-order valence-electron chi connectivity index (χ1n) is 6.26. The first kappa shape index (κ1) is 12.9. The first-order chi connectivity index (χ1) is 8.70. The van der Waals surface area contributed by atoms with Crippen LogP contribution < -0.4 is 10.1 Å². The lowest BCUT2D eigenvalue weighted by Crippen LogP contribution is -2.35. The number of amides is 1. The fourth-order valence-corrected chi connectivity index (χ4v) is 2.07. The minimum Gasteiger partial charge on any atom is -0.497 e. The molecule has 0 spiro atoms. The van der Waals surface area contributed by atoms with Gasteiger partial charge in [-0.1, -0.05) is 12.1 Å². The van der Waals surface area contributed by atoms with E-state index in [0.29, 0.717) is 6.61 Å². The van der Waals surface area contributed by atoms with Gasteiger partial charge in [0.1, 0.15) is 11.9 Å². The van der Waals surface area contributed by atoms with Crippen molar-refractivity contribution >= 4 is 5.91 Å². The molecule has 0 radical (unpaired) electrons. The Morgan fingerprint density at radius 3 is 2.72 bits per heavy atom. The van der Waals surface area contributed by atoms with Crippen LogP contribution in [0.15, 0.2) is 24.3 Å². The standard InChI is InChI=1S/C14H19NO3/c1-10(11-5-7-12(17-2)8-6-11)15-14(16)13-4-3-9-18-13/h5-8,10,13H,3-4,9H2,1-2H3,(H,15,16)/t10-,13-/m0/s1. The second-order valence-corrected chi connectivity index (χ2v) is 4.51. The Morgan fingerprint density at radius 2 is 2.17 bits per heavy atom. The minimum atomic E-state index is -0.273. The second-order valence-electron chi connectivity index (χ2n) is 4.51. The van der Waals surface area contributed by atoms with Gasteiger partial charge in [0.05, 0.1) is 13.2 Å². The van der Waals surface area contributed by atoms with E-state index in [-0.39, 0.29) is 18.1 Å². The number of rotatable bonds is 4. The van der Waals surface area contributed by atoms with E-state index >= 15 is 0 Å². The molecule has 1 heterocycles. The van der Waals surface area contributed by atoms with Crippen LogP contribution in [-0.4, -0.2) is 25.7 Å². The van der Waals surface area contributed by atoms with Crippen molar-refractivity contribution in [1.82, 2.24) is 5.32 Å². The molecule has 0 saturated carbocycles. The molecule has 4 nitrogen and oxygen atoms in total. The van der Waals surface area contributed by atoms with E-state index in [1.165, 1.54) is 0 Å². The van der Waals surface area contributed by atoms with Gasteiger partial charge in [0.25, 0.3) is 0 Å². The molecular weight excluding hydrogens is 230 g/mol. The molecule has 1 aromatic rings. The summed E-state index contributed by atoms with van der Waals surface area (Å²) in [6, 6.07) is 7.68. The summed E-state index contributed by atoms with van der Waals surface area (Å²) in [7, 11) is 1.64. The molecule has 1 fully saturated rings. The van der Waals surface area contributed by atoms with Crippen LogP contribution in [0.5, 0.6) is 5.75 Å². The molecule has 2 rings (SSSR count). The zero-order chi connectivity index (χ0) is 13.0. The van der Waals surface area contributed by atoms with Gasteiger partial charge < -0.3 is 14.8 Å². The van der Waals surface area contributed by atoms with Crippen LogP contribution in [-0.2, 0) is 9.53 Å². The molecule has 18 heavy (non-hydrogen) atoms. The van der Waals surface area contributed by atoms with Crippen molar-refractivity contribution < 1.29 is 14.3 Å². The molecular formula is C14H19NO3. The van der Waals surface area contributed by atoms with Crippen LogP contribution >= 0.6 is 0 Å². The Balaban J connectivity index is 1.93. The fraction of sp³-hybridized carbons (Fsp3) is 0.500. The van der Waals surface area contributed by atoms with Crippen LogP contribution in [0.2, 0.25) is 0 Å². The van der Waals surface area contributed by atoms with Gasteiger partial charge >= 0.3 is 0 Å². The molecule has 2 atom stereocenters. The predicted octanol–water partition coefficient (Wildman–Crippen LogP) is 2.05.